The number of benzene rings is 1. The molecule has 0 saturated carbocycles. The Labute approximate surface area is 174 Å². The first-order valence-corrected chi connectivity index (χ1v) is 10.1. The largest absolute Gasteiger partial charge is 0.354 e. The molecule has 1 aromatic carbocycles. The van der Waals surface area contributed by atoms with Gasteiger partial charge in [-0.15, -0.1) is 10.2 Å². The molecule has 30 heavy (non-hydrogen) atoms. The lowest BCUT2D eigenvalue weighted by Crippen LogP contribution is -2.44. The first kappa shape index (κ1) is 19.8. The zero-order valence-corrected chi connectivity index (χ0v) is 16.6. The van der Waals surface area contributed by atoms with Crippen LogP contribution in [0.25, 0.3) is 11.3 Å². The molecule has 1 saturated heterocycles. The average Bonchev–Trinajstić information content (AvgIpc) is 2.81. The van der Waals surface area contributed by atoms with Gasteiger partial charge in [0.2, 0.25) is 5.91 Å². The van der Waals surface area contributed by atoms with E-state index in [-0.39, 0.29) is 17.4 Å². The lowest BCUT2D eigenvalue weighted by Gasteiger charge is -2.32. The Morgan fingerprint density at radius 2 is 1.93 bits per heavy atom. The summed E-state index contributed by atoms with van der Waals surface area (Å²) in [6.45, 7) is 2.19. The third kappa shape index (κ3) is 4.71. The van der Waals surface area contributed by atoms with Crippen molar-refractivity contribution in [3.05, 3.63) is 71.1 Å². The number of piperidine rings is 1. The first-order chi connectivity index (χ1) is 14.7. The maximum Gasteiger partial charge on any atom is 0.266 e. The Morgan fingerprint density at radius 3 is 2.70 bits per heavy atom. The second kappa shape index (κ2) is 9.30. The van der Waals surface area contributed by atoms with E-state index in [0.29, 0.717) is 19.6 Å². The van der Waals surface area contributed by atoms with Gasteiger partial charge in [0.05, 0.1) is 18.2 Å². The van der Waals surface area contributed by atoms with Gasteiger partial charge in [-0.25, -0.2) is 4.68 Å². The van der Waals surface area contributed by atoms with Crippen LogP contribution in [0.15, 0.2) is 65.6 Å². The molecule has 0 bridgehead atoms. The molecule has 1 aliphatic rings. The molecule has 0 spiro atoms. The molecular weight excluding hydrogens is 380 g/mol. The van der Waals surface area contributed by atoms with Gasteiger partial charge in [-0.05, 0) is 31.0 Å². The number of amides is 1. The number of nitrogens with one attached hydrogen (secondary N) is 1. The topological polar surface area (TPSA) is 93.0 Å². The highest BCUT2D eigenvalue weighted by Crippen LogP contribution is 2.23. The van der Waals surface area contributed by atoms with Crippen LogP contribution in [0, 0.1) is 5.92 Å². The summed E-state index contributed by atoms with van der Waals surface area (Å²) in [6.07, 6.45) is 3.31. The number of carbonyl (C=O) groups excluding carboxylic acids is 1. The fourth-order valence-corrected chi connectivity index (χ4v) is 3.64. The summed E-state index contributed by atoms with van der Waals surface area (Å²) < 4.78 is 1.34. The number of nitrogens with zero attached hydrogens (tertiary/aromatic N) is 5. The SMILES string of the molecule is O=C(NCCn1ncccc1=O)C1CCCN(c2ccc(-c3ccccc3)nn2)C1. The first-order valence-electron chi connectivity index (χ1n) is 10.1. The van der Waals surface area contributed by atoms with Crippen molar-refractivity contribution in [2.45, 2.75) is 19.4 Å². The van der Waals surface area contributed by atoms with Gasteiger partial charge in [-0.3, -0.25) is 9.59 Å². The third-order valence-electron chi connectivity index (χ3n) is 5.24. The molecule has 2 aromatic heterocycles. The number of rotatable bonds is 6. The molecule has 1 fully saturated rings. The quantitative estimate of drug-likeness (QED) is 0.673. The highest BCUT2D eigenvalue weighted by molar-refractivity contribution is 5.79. The molecule has 0 aliphatic carbocycles. The van der Waals surface area contributed by atoms with Crippen LogP contribution in [0.4, 0.5) is 5.82 Å². The molecule has 1 atom stereocenters. The van der Waals surface area contributed by atoms with Crippen LogP contribution in [-0.4, -0.2) is 45.5 Å². The van der Waals surface area contributed by atoms with Gasteiger partial charge in [0.25, 0.3) is 5.56 Å². The average molecular weight is 404 g/mol. The van der Waals surface area contributed by atoms with Crippen LogP contribution in [0.1, 0.15) is 12.8 Å². The van der Waals surface area contributed by atoms with Gasteiger partial charge in [-0.1, -0.05) is 30.3 Å². The predicted octanol–water partition coefficient (Wildman–Crippen LogP) is 1.73. The van der Waals surface area contributed by atoms with Crippen LogP contribution in [0.2, 0.25) is 0 Å². The lowest BCUT2D eigenvalue weighted by atomic mass is 9.97. The van der Waals surface area contributed by atoms with E-state index >= 15 is 0 Å². The molecule has 154 valence electrons. The van der Waals surface area contributed by atoms with Crippen LogP contribution >= 0.6 is 0 Å². The summed E-state index contributed by atoms with van der Waals surface area (Å²) >= 11 is 0. The van der Waals surface area contributed by atoms with Gasteiger partial charge >= 0.3 is 0 Å². The summed E-state index contributed by atoms with van der Waals surface area (Å²) in [4.78, 5) is 26.4. The lowest BCUT2D eigenvalue weighted by molar-refractivity contribution is -0.125. The van der Waals surface area contributed by atoms with Crippen molar-refractivity contribution >= 4 is 11.7 Å². The van der Waals surface area contributed by atoms with E-state index < -0.39 is 0 Å². The van der Waals surface area contributed by atoms with Crippen molar-refractivity contribution in [1.82, 2.24) is 25.3 Å². The van der Waals surface area contributed by atoms with Crippen LogP contribution in [0.3, 0.4) is 0 Å². The Kier molecular flexibility index (Phi) is 6.12. The maximum absolute atomic E-state index is 12.6. The van der Waals surface area contributed by atoms with Gasteiger partial charge in [-0.2, -0.15) is 5.10 Å². The highest BCUT2D eigenvalue weighted by Gasteiger charge is 2.26. The fourth-order valence-electron chi connectivity index (χ4n) is 3.64. The number of hydrogen-bond acceptors (Lipinski definition) is 6. The zero-order chi connectivity index (χ0) is 20.8. The summed E-state index contributed by atoms with van der Waals surface area (Å²) in [5.74, 6) is 0.666. The van der Waals surface area contributed by atoms with E-state index in [2.05, 4.69) is 25.5 Å². The van der Waals surface area contributed by atoms with Crippen molar-refractivity contribution < 1.29 is 4.79 Å². The highest BCUT2D eigenvalue weighted by atomic mass is 16.2. The molecule has 0 radical (unpaired) electrons. The number of anilines is 1. The summed E-state index contributed by atoms with van der Waals surface area (Å²) in [7, 11) is 0. The normalized spacial score (nSPS) is 16.3. The van der Waals surface area contributed by atoms with E-state index in [1.807, 2.05) is 42.5 Å². The van der Waals surface area contributed by atoms with Crippen LogP contribution in [0.5, 0.6) is 0 Å². The van der Waals surface area contributed by atoms with Gasteiger partial charge in [0.1, 0.15) is 0 Å². The van der Waals surface area contributed by atoms with E-state index in [1.54, 1.807) is 12.3 Å². The molecule has 1 unspecified atom stereocenters. The monoisotopic (exact) mass is 404 g/mol. The maximum atomic E-state index is 12.6. The van der Waals surface area contributed by atoms with Crippen molar-refractivity contribution in [2.24, 2.45) is 5.92 Å². The van der Waals surface area contributed by atoms with E-state index in [1.165, 1.54) is 10.7 Å². The molecule has 1 amide bonds. The standard InChI is InChI=1S/C22H24N6O2/c29-21-9-4-12-24-28(21)15-13-23-22(30)18-8-5-14-27(16-18)20-11-10-19(25-26-20)17-6-2-1-3-7-17/h1-4,6-7,9-12,18H,5,8,13-16H2,(H,23,30). The summed E-state index contributed by atoms with van der Waals surface area (Å²) in [5, 5.41) is 15.7. The summed E-state index contributed by atoms with van der Waals surface area (Å²) in [5.41, 5.74) is 1.68. The minimum atomic E-state index is -0.173. The second-order valence-corrected chi connectivity index (χ2v) is 7.30. The van der Waals surface area contributed by atoms with Gasteiger partial charge < -0.3 is 10.2 Å². The molecule has 1 N–H and O–H groups in total. The van der Waals surface area contributed by atoms with Crippen molar-refractivity contribution in [1.29, 1.82) is 0 Å². The Balaban J connectivity index is 1.33. The predicted molar refractivity (Wildman–Crippen MR) is 114 cm³/mol. The minimum Gasteiger partial charge on any atom is -0.354 e. The third-order valence-corrected chi connectivity index (χ3v) is 5.24. The number of hydrogen-bond donors (Lipinski definition) is 1. The molecule has 3 heterocycles. The molecule has 4 rings (SSSR count). The summed E-state index contributed by atoms with van der Waals surface area (Å²) in [6, 6.07) is 16.9. The minimum absolute atomic E-state index is 0.00227. The second-order valence-electron chi connectivity index (χ2n) is 7.30. The van der Waals surface area contributed by atoms with Gasteiger partial charge in [0.15, 0.2) is 5.82 Å². The molecule has 8 nitrogen and oxygen atoms in total. The van der Waals surface area contributed by atoms with Crippen molar-refractivity contribution in [2.75, 3.05) is 24.5 Å². The van der Waals surface area contributed by atoms with Gasteiger partial charge in [0, 0.05) is 37.5 Å². The smallest absolute Gasteiger partial charge is 0.266 e. The van der Waals surface area contributed by atoms with Crippen LogP contribution in [-0.2, 0) is 11.3 Å². The Hall–Kier alpha value is -3.55. The van der Waals surface area contributed by atoms with E-state index in [0.717, 1.165) is 36.5 Å². The fraction of sp³-hybridized carbons (Fsp3) is 0.318. The number of aromatic nitrogens is 4. The van der Waals surface area contributed by atoms with E-state index in [4.69, 9.17) is 0 Å². The van der Waals surface area contributed by atoms with E-state index in [9.17, 15) is 9.59 Å². The van der Waals surface area contributed by atoms with Crippen molar-refractivity contribution in [3.63, 3.8) is 0 Å². The molecule has 8 heteroatoms. The molecule has 1 aliphatic heterocycles. The van der Waals surface area contributed by atoms with Crippen molar-refractivity contribution in [3.8, 4) is 11.3 Å². The Morgan fingerprint density at radius 1 is 1.07 bits per heavy atom. The number of carbonyl (C=O) groups is 1. The zero-order valence-electron chi connectivity index (χ0n) is 16.6. The molecule has 3 aromatic rings. The van der Waals surface area contributed by atoms with Crippen LogP contribution < -0.4 is 15.8 Å². The Bertz CT molecular complexity index is 1040. The molecular formula is C22H24N6O2.